The fourth-order valence-electron chi connectivity index (χ4n) is 3.31. The second-order valence-electron chi connectivity index (χ2n) is 8.68. The molecule has 0 atom stereocenters. The van der Waals surface area contributed by atoms with Gasteiger partial charge in [-0.15, -0.1) is 0 Å². The summed E-state index contributed by atoms with van der Waals surface area (Å²) in [6.07, 6.45) is 2.69. The number of benzene rings is 1. The molecule has 0 spiro atoms. The number of rotatable bonds is 4. The summed E-state index contributed by atoms with van der Waals surface area (Å²) < 4.78 is 19.1. The van der Waals surface area contributed by atoms with Crippen molar-refractivity contribution < 1.29 is 13.7 Å². The van der Waals surface area contributed by atoms with Gasteiger partial charge in [-0.25, -0.2) is 9.37 Å². The zero-order valence-corrected chi connectivity index (χ0v) is 16.5. The molecule has 29 heavy (non-hydrogen) atoms. The van der Waals surface area contributed by atoms with Crippen LogP contribution in [0.5, 0.6) is 0 Å². The molecule has 0 unspecified atom stereocenters. The molecule has 6 nitrogen and oxygen atoms in total. The summed E-state index contributed by atoms with van der Waals surface area (Å²) in [6.45, 7) is 6.25. The summed E-state index contributed by atoms with van der Waals surface area (Å²) >= 11 is 0. The van der Waals surface area contributed by atoms with E-state index in [0.717, 1.165) is 24.6 Å². The number of nitrogens with zero attached hydrogens (tertiary/aromatic N) is 3. The smallest absolute Gasteiger partial charge is 0.259 e. The lowest BCUT2D eigenvalue weighted by Crippen LogP contribution is -2.15. The van der Waals surface area contributed by atoms with E-state index < -0.39 is 5.82 Å². The number of nitrogens with one attached hydrogen (secondary N) is 1. The first kappa shape index (κ1) is 19.1. The van der Waals surface area contributed by atoms with Crippen molar-refractivity contribution >= 4 is 22.7 Å². The van der Waals surface area contributed by atoms with Gasteiger partial charge in [0.05, 0.1) is 22.2 Å². The Bertz CT molecular complexity index is 1150. The minimum absolute atomic E-state index is 0.0502. The first-order chi connectivity index (χ1) is 13.7. The number of hydrogen-bond acceptors (Lipinski definition) is 5. The van der Waals surface area contributed by atoms with Crippen LogP contribution in [-0.4, -0.2) is 16.0 Å². The topological polar surface area (TPSA) is 91.8 Å². The first-order valence-corrected chi connectivity index (χ1v) is 9.55. The number of carbonyl (C=O) groups is 1. The van der Waals surface area contributed by atoms with Crippen LogP contribution in [0.25, 0.3) is 11.1 Å². The van der Waals surface area contributed by atoms with Crippen LogP contribution in [0.15, 0.2) is 28.8 Å². The van der Waals surface area contributed by atoms with Crippen LogP contribution in [0.2, 0.25) is 0 Å². The highest BCUT2D eigenvalue weighted by atomic mass is 19.1. The van der Waals surface area contributed by atoms with Crippen LogP contribution in [0.3, 0.4) is 0 Å². The number of anilines is 1. The highest BCUT2D eigenvalue weighted by Gasteiger charge is 2.30. The van der Waals surface area contributed by atoms with E-state index in [1.54, 1.807) is 12.1 Å². The van der Waals surface area contributed by atoms with E-state index in [-0.39, 0.29) is 16.9 Å². The van der Waals surface area contributed by atoms with Crippen LogP contribution in [-0.2, 0) is 6.42 Å². The third-order valence-electron chi connectivity index (χ3n) is 4.82. The molecule has 0 saturated heterocycles. The monoisotopic (exact) mass is 392 g/mol. The Morgan fingerprint density at radius 2 is 2.10 bits per heavy atom. The number of amides is 1. The molecular weight excluding hydrogens is 371 g/mol. The van der Waals surface area contributed by atoms with Crippen molar-refractivity contribution in [3.63, 3.8) is 0 Å². The van der Waals surface area contributed by atoms with Crippen molar-refractivity contribution in [1.29, 1.82) is 5.26 Å². The molecule has 0 aliphatic heterocycles. The molecule has 1 amide bonds. The predicted molar refractivity (Wildman–Crippen MR) is 106 cm³/mol. The van der Waals surface area contributed by atoms with Gasteiger partial charge in [-0.3, -0.25) is 4.79 Å². The normalized spacial score (nSPS) is 14.0. The SMILES string of the molecule is CC(C)(C)Cc1noc2nc(C3CC3)cc(C(=O)Nc3ccc(F)c(C#N)c3)c12. The van der Waals surface area contributed by atoms with Gasteiger partial charge in [0.15, 0.2) is 0 Å². The number of nitriles is 1. The standard InChI is InChI=1S/C22H21FN4O2/c1-22(2,3)10-18-19-15(9-17(12-4-5-12)26-21(19)29-27-18)20(28)25-14-6-7-16(23)13(8-14)11-24/h6-9,12H,4-5,10H2,1-3H3,(H,25,28). The fraction of sp³-hybridized carbons (Fsp3) is 0.364. The summed E-state index contributed by atoms with van der Waals surface area (Å²) in [5.41, 5.74) is 2.46. The van der Waals surface area contributed by atoms with Crippen molar-refractivity contribution in [2.45, 2.75) is 46.0 Å². The Morgan fingerprint density at radius 1 is 1.34 bits per heavy atom. The number of fused-ring (bicyclic) bond motifs is 1. The molecule has 2 aromatic heterocycles. The van der Waals surface area contributed by atoms with Crippen molar-refractivity contribution in [1.82, 2.24) is 10.1 Å². The van der Waals surface area contributed by atoms with Crippen molar-refractivity contribution in [2.24, 2.45) is 5.41 Å². The lowest BCUT2D eigenvalue weighted by molar-refractivity contribution is 0.102. The summed E-state index contributed by atoms with van der Waals surface area (Å²) in [5.74, 6) is -0.661. The van der Waals surface area contributed by atoms with E-state index in [0.29, 0.717) is 40.4 Å². The lowest BCUT2D eigenvalue weighted by Gasteiger charge is -2.16. The number of halogens is 1. The zero-order valence-electron chi connectivity index (χ0n) is 16.5. The summed E-state index contributed by atoms with van der Waals surface area (Å²) in [6, 6.07) is 7.49. The van der Waals surface area contributed by atoms with Crippen LogP contribution in [0.1, 0.15) is 66.8 Å². The Morgan fingerprint density at radius 3 is 2.76 bits per heavy atom. The van der Waals surface area contributed by atoms with E-state index in [9.17, 15) is 9.18 Å². The Hall–Kier alpha value is -3.27. The number of carbonyl (C=O) groups excluding carboxylic acids is 1. The molecular formula is C22H21FN4O2. The largest absolute Gasteiger partial charge is 0.336 e. The second kappa shape index (κ2) is 6.96. The highest BCUT2D eigenvalue weighted by Crippen LogP contribution is 2.41. The highest BCUT2D eigenvalue weighted by molar-refractivity contribution is 6.12. The molecule has 0 radical (unpaired) electrons. The fourth-order valence-corrected chi connectivity index (χ4v) is 3.31. The van der Waals surface area contributed by atoms with Crippen molar-refractivity contribution in [3.8, 4) is 6.07 Å². The minimum atomic E-state index is -0.626. The number of aromatic nitrogens is 2. The summed E-state index contributed by atoms with van der Waals surface area (Å²) in [5, 5.41) is 16.6. The Kier molecular flexibility index (Phi) is 4.58. The van der Waals surface area contributed by atoms with Crippen LogP contribution < -0.4 is 5.32 Å². The molecule has 1 aromatic carbocycles. The van der Waals surface area contributed by atoms with Gasteiger partial charge in [0.2, 0.25) is 0 Å². The van der Waals surface area contributed by atoms with Gasteiger partial charge in [-0.05, 0) is 48.9 Å². The Balaban J connectivity index is 1.77. The summed E-state index contributed by atoms with van der Waals surface area (Å²) in [7, 11) is 0. The molecule has 0 bridgehead atoms. The third kappa shape index (κ3) is 3.97. The lowest BCUT2D eigenvalue weighted by atomic mass is 9.89. The van der Waals surface area contributed by atoms with E-state index in [4.69, 9.17) is 9.78 Å². The second-order valence-corrected chi connectivity index (χ2v) is 8.68. The van der Waals surface area contributed by atoms with Gasteiger partial charge in [-0.2, -0.15) is 5.26 Å². The molecule has 7 heteroatoms. The van der Waals surface area contributed by atoms with Gasteiger partial charge in [-0.1, -0.05) is 25.9 Å². The zero-order chi connectivity index (χ0) is 20.8. The first-order valence-electron chi connectivity index (χ1n) is 9.55. The molecule has 1 aliphatic rings. The minimum Gasteiger partial charge on any atom is -0.336 e. The van der Waals surface area contributed by atoms with E-state index in [1.165, 1.54) is 12.1 Å². The van der Waals surface area contributed by atoms with E-state index in [2.05, 4.69) is 36.2 Å². The molecule has 1 saturated carbocycles. The van der Waals surface area contributed by atoms with E-state index >= 15 is 0 Å². The van der Waals surface area contributed by atoms with Crippen LogP contribution >= 0.6 is 0 Å². The van der Waals surface area contributed by atoms with Gasteiger partial charge in [0.1, 0.15) is 11.9 Å². The van der Waals surface area contributed by atoms with Gasteiger partial charge < -0.3 is 9.84 Å². The maximum Gasteiger partial charge on any atom is 0.259 e. The van der Waals surface area contributed by atoms with Gasteiger partial charge in [0.25, 0.3) is 11.6 Å². The van der Waals surface area contributed by atoms with Crippen molar-refractivity contribution in [2.75, 3.05) is 5.32 Å². The third-order valence-corrected chi connectivity index (χ3v) is 4.82. The molecule has 4 rings (SSSR count). The van der Waals surface area contributed by atoms with E-state index in [1.807, 2.05) is 0 Å². The maximum atomic E-state index is 13.6. The molecule has 1 N–H and O–H groups in total. The number of pyridine rings is 1. The van der Waals surface area contributed by atoms with Crippen LogP contribution in [0, 0.1) is 22.6 Å². The molecule has 1 aliphatic carbocycles. The van der Waals surface area contributed by atoms with Crippen LogP contribution in [0.4, 0.5) is 10.1 Å². The predicted octanol–water partition coefficient (Wildman–Crippen LogP) is 4.95. The van der Waals surface area contributed by atoms with Gasteiger partial charge >= 0.3 is 0 Å². The Labute approximate surface area is 167 Å². The quantitative estimate of drug-likeness (QED) is 0.678. The average Bonchev–Trinajstić information content (AvgIpc) is 3.44. The maximum absolute atomic E-state index is 13.6. The average molecular weight is 392 g/mol. The molecule has 2 heterocycles. The number of hydrogen-bond donors (Lipinski definition) is 1. The molecule has 3 aromatic rings. The molecule has 148 valence electrons. The van der Waals surface area contributed by atoms with Crippen molar-refractivity contribution in [3.05, 3.63) is 52.6 Å². The molecule has 1 fully saturated rings. The van der Waals surface area contributed by atoms with Gasteiger partial charge in [0, 0.05) is 17.3 Å². The summed E-state index contributed by atoms with van der Waals surface area (Å²) in [4.78, 5) is 17.7.